The van der Waals surface area contributed by atoms with Crippen LogP contribution in [0.5, 0.6) is 0 Å². The topological polar surface area (TPSA) is 103 Å². The molecule has 3 aromatic rings. The molecule has 0 aliphatic carbocycles. The van der Waals surface area contributed by atoms with Crippen molar-refractivity contribution in [2.75, 3.05) is 5.43 Å². The van der Waals surface area contributed by atoms with Crippen molar-refractivity contribution in [3.63, 3.8) is 0 Å². The molecule has 0 bridgehead atoms. The molecule has 0 spiro atoms. The third kappa shape index (κ3) is 5.37. The van der Waals surface area contributed by atoms with Crippen LogP contribution in [0.25, 0.3) is 11.3 Å². The number of ether oxygens (including phenoxy) is 1. The predicted octanol–water partition coefficient (Wildman–Crippen LogP) is 3.68. The van der Waals surface area contributed by atoms with Crippen LogP contribution in [-0.2, 0) is 11.3 Å². The maximum atomic E-state index is 12.2. The molecule has 7 nitrogen and oxygen atoms in total. The Kier molecular flexibility index (Phi) is 6.51. The minimum atomic E-state index is -0.521. The van der Waals surface area contributed by atoms with E-state index >= 15 is 0 Å². The SMILES string of the molecule is CC(C)OCc1cccc(C=NNc2nc(-c3ccccc3)c(C#N)c(=O)[nH]2)c1. The number of aromatic amines is 1. The first-order valence-corrected chi connectivity index (χ1v) is 9.16. The van der Waals surface area contributed by atoms with E-state index in [0.717, 1.165) is 11.1 Å². The molecule has 0 fully saturated rings. The molecule has 1 heterocycles. The molecule has 2 N–H and O–H groups in total. The number of benzene rings is 2. The summed E-state index contributed by atoms with van der Waals surface area (Å²) in [5.74, 6) is 0.156. The van der Waals surface area contributed by atoms with Gasteiger partial charge in [0.1, 0.15) is 11.6 Å². The van der Waals surface area contributed by atoms with E-state index in [4.69, 9.17) is 4.74 Å². The van der Waals surface area contributed by atoms with Crippen molar-refractivity contribution in [1.82, 2.24) is 9.97 Å². The van der Waals surface area contributed by atoms with Crippen molar-refractivity contribution in [3.05, 3.63) is 81.6 Å². The van der Waals surface area contributed by atoms with Crippen LogP contribution in [0.4, 0.5) is 5.95 Å². The quantitative estimate of drug-likeness (QED) is 0.475. The van der Waals surface area contributed by atoms with E-state index in [1.165, 1.54) is 0 Å². The molecule has 146 valence electrons. The molecule has 2 aromatic carbocycles. The van der Waals surface area contributed by atoms with E-state index in [2.05, 4.69) is 20.5 Å². The second-order valence-corrected chi connectivity index (χ2v) is 6.59. The van der Waals surface area contributed by atoms with Gasteiger partial charge in [0.25, 0.3) is 5.56 Å². The second kappa shape index (κ2) is 9.44. The Balaban J connectivity index is 1.79. The van der Waals surface area contributed by atoms with Crippen LogP contribution in [0.3, 0.4) is 0 Å². The van der Waals surface area contributed by atoms with Gasteiger partial charge in [-0.05, 0) is 31.0 Å². The molecule has 7 heteroatoms. The number of nitrogens with zero attached hydrogens (tertiary/aromatic N) is 3. The summed E-state index contributed by atoms with van der Waals surface area (Å²) in [6, 6.07) is 18.8. The number of hydrogen-bond acceptors (Lipinski definition) is 6. The molecular weight excluding hydrogens is 366 g/mol. The summed E-state index contributed by atoms with van der Waals surface area (Å²) in [6.45, 7) is 4.51. The molecule has 1 aromatic heterocycles. The van der Waals surface area contributed by atoms with Crippen LogP contribution in [0, 0.1) is 11.3 Å². The second-order valence-electron chi connectivity index (χ2n) is 6.59. The third-order valence-corrected chi connectivity index (χ3v) is 4.00. The van der Waals surface area contributed by atoms with E-state index in [0.29, 0.717) is 17.9 Å². The lowest BCUT2D eigenvalue weighted by Crippen LogP contribution is -2.16. The number of nitrogens with one attached hydrogen (secondary N) is 2. The number of nitriles is 1. The highest BCUT2D eigenvalue weighted by atomic mass is 16.5. The van der Waals surface area contributed by atoms with Crippen molar-refractivity contribution in [1.29, 1.82) is 5.26 Å². The van der Waals surface area contributed by atoms with Crippen LogP contribution in [0.15, 0.2) is 64.5 Å². The summed E-state index contributed by atoms with van der Waals surface area (Å²) in [4.78, 5) is 19.1. The van der Waals surface area contributed by atoms with Gasteiger partial charge < -0.3 is 4.74 Å². The lowest BCUT2D eigenvalue weighted by atomic mass is 10.1. The van der Waals surface area contributed by atoms with Gasteiger partial charge >= 0.3 is 0 Å². The number of rotatable bonds is 7. The average molecular weight is 387 g/mol. The number of H-pyrrole nitrogens is 1. The number of anilines is 1. The molecular formula is C22H21N5O2. The molecule has 3 rings (SSSR count). The Morgan fingerprint density at radius 1 is 1.24 bits per heavy atom. The van der Waals surface area contributed by atoms with Crippen LogP contribution >= 0.6 is 0 Å². The van der Waals surface area contributed by atoms with Crippen LogP contribution in [0.2, 0.25) is 0 Å². The van der Waals surface area contributed by atoms with E-state index in [-0.39, 0.29) is 17.6 Å². The normalized spacial score (nSPS) is 11.0. The largest absolute Gasteiger partial charge is 0.374 e. The first-order chi connectivity index (χ1) is 14.1. The Morgan fingerprint density at radius 3 is 2.76 bits per heavy atom. The average Bonchev–Trinajstić information content (AvgIpc) is 2.73. The van der Waals surface area contributed by atoms with Gasteiger partial charge in [-0.25, -0.2) is 10.4 Å². The maximum absolute atomic E-state index is 12.2. The lowest BCUT2D eigenvalue weighted by molar-refractivity contribution is 0.0657. The van der Waals surface area contributed by atoms with E-state index < -0.39 is 5.56 Å². The zero-order valence-electron chi connectivity index (χ0n) is 16.2. The highest BCUT2D eigenvalue weighted by molar-refractivity contribution is 5.80. The lowest BCUT2D eigenvalue weighted by Gasteiger charge is -2.08. The summed E-state index contributed by atoms with van der Waals surface area (Å²) in [5, 5.41) is 13.5. The maximum Gasteiger partial charge on any atom is 0.270 e. The van der Waals surface area contributed by atoms with Gasteiger partial charge in [0.15, 0.2) is 0 Å². The standard InChI is InChI=1S/C22H21N5O2/c1-15(2)29-14-17-8-6-7-16(11-17)13-24-27-22-25-20(18-9-4-3-5-10-18)19(12-23)21(28)26-22/h3-11,13,15H,14H2,1-2H3,(H2,25,26,27,28). The van der Waals surface area contributed by atoms with Crippen LogP contribution < -0.4 is 11.0 Å². The summed E-state index contributed by atoms with van der Waals surface area (Å²) in [5.41, 5.74) is 5.07. The number of hydrazone groups is 1. The molecule has 0 aliphatic heterocycles. The van der Waals surface area contributed by atoms with Gasteiger partial charge in [0, 0.05) is 5.56 Å². The Bertz CT molecular complexity index is 1100. The van der Waals surface area contributed by atoms with Crippen molar-refractivity contribution in [2.45, 2.75) is 26.6 Å². The highest BCUT2D eigenvalue weighted by Crippen LogP contribution is 2.19. The summed E-state index contributed by atoms with van der Waals surface area (Å²) in [6.07, 6.45) is 1.78. The minimum absolute atomic E-state index is 0.0383. The third-order valence-electron chi connectivity index (χ3n) is 4.00. The van der Waals surface area contributed by atoms with Gasteiger partial charge in [0.05, 0.1) is 24.6 Å². The number of hydrogen-bond donors (Lipinski definition) is 2. The van der Waals surface area contributed by atoms with Crippen molar-refractivity contribution >= 4 is 12.2 Å². The van der Waals surface area contributed by atoms with Gasteiger partial charge in [-0.1, -0.05) is 48.5 Å². The predicted molar refractivity (Wildman–Crippen MR) is 113 cm³/mol. The van der Waals surface area contributed by atoms with Gasteiger partial charge in [-0.15, -0.1) is 0 Å². The van der Waals surface area contributed by atoms with Gasteiger partial charge in [0.2, 0.25) is 5.95 Å². The van der Waals surface area contributed by atoms with Gasteiger partial charge in [-0.2, -0.15) is 10.4 Å². The fourth-order valence-corrected chi connectivity index (χ4v) is 2.63. The number of aromatic nitrogens is 2. The van der Waals surface area contributed by atoms with Crippen LogP contribution in [0.1, 0.15) is 30.5 Å². The summed E-state index contributed by atoms with van der Waals surface area (Å²) >= 11 is 0. The monoisotopic (exact) mass is 387 g/mol. The Hall–Kier alpha value is -3.76. The van der Waals surface area contributed by atoms with Crippen molar-refractivity contribution in [2.24, 2.45) is 5.10 Å². The van der Waals surface area contributed by atoms with Crippen molar-refractivity contribution in [3.8, 4) is 17.3 Å². The van der Waals surface area contributed by atoms with Crippen LogP contribution in [-0.4, -0.2) is 22.3 Å². The molecule has 0 radical (unpaired) electrons. The van der Waals surface area contributed by atoms with Gasteiger partial charge in [-0.3, -0.25) is 9.78 Å². The summed E-state index contributed by atoms with van der Waals surface area (Å²) in [7, 11) is 0. The molecule has 0 atom stereocenters. The minimum Gasteiger partial charge on any atom is -0.374 e. The summed E-state index contributed by atoms with van der Waals surface area (Å²) < 4.78 is 5.61. The Labute approximate surface area is 168 Å². The highest BCUT2D eigenvalue weighted by Gasteiger charge is 2.12. The van der Waals surface area contributed by atoms with E-state index in [9.17, 15) is 10.1 Å². The smallest absolute Gasteiger partial charge is 0.270 e. The Morgan fingerprint density at radius 2 is 2.03 bits per heavy atom. The van der Waals surface area contributed by atoms with E-state index in [1.54, 1.807) is 18.3 Å². The van der Waals surface area contributed by atoms with Crippen molar-refractivity contribution < 1.29 is 4.74 Å². The first kappa shape index (κ1) is 20.0. The first-order valence-electron chi connectivity index (χ1n) is 9.16. The molecule has 0 saturated carbocycles. The zero-order chi connectivity index (χ0) is 20.6. The molecule has 0 aliphatic rings. The molecule has 0 amide bonds. The fourth-order valence-electron chi connectivity index (χ4n) is 2.63. The molecule has 0 unspecified atom stereocenters. The molecule has 29 heavy (non-hydrogen) atoms. The van der Waals surface area contributed by atoms with E-state index in [1.807, 2.05) is 62.4 Å². The zero-order valence-corrected chi connectivity index (χ0v) is 16.2. The fraction of sp³-hybridized carbons (Fsp3) is 0.182. The molecule has 0 saturated heterocycles.